The van der Waals surface area contributed by atoms with Gasteiger partial charge in [0.05, 0.1) is 17.6 Å². The highest BCUT2D eigenvalue weighted by Gasteiger charge is 2.30. The van der Waals surface area contributed by atoms with Gasteiger partial charge in [-0.05, 0) is 43.5 Å². The number of hydrogen-bond donors (Lipinski definition) is 1. The van der Waals surface area contributed by atoms with E-state index in [-0.39, 0.29) is 18.0 Å². The van der Waals surface area contributed by atoms with Crippen molar-refractivity contribution in [1.29, 1.82) is 0 Å². The van der Waals surface area contributed by atoms with E-state index in [0.717, 1.165) is 35.2 Å². The van der Waals surface area contributed by atoms with E-state index in [1.54, 1.807) is 23.0 Å². The molecule has 2 aromatic heterocycles. The Kier molecular flexibility index (Phi) is 4.43. The van der Waals surface area contributed by atoms with Gasteiger partial charge in [0.15, 0.2) is 0 Å². The average Bonchev–Trinajstić information content (AvgIpc) is 3.49. The number of carbonyl (C=O) groups excluding carboxylic acids is 1. The number of hydrogen-bond acceptors (Lipinski definition) is 4. The summed E-state index contributed by atoms with van der Waals surface area (Å²) in [5.41, 5.74) is 3.53. The van der Waals surface area contributed by atoms with E-state index in [4.69, 9.17) is 0 Å². The topological polar surface area (TPSA) is 81.8 Å². The number of carbonyl (C=O) groups is 1. The predicted octanol–water partition coefficient (Wildman–Crippen LogP) is 3.41. The van der Waals surface area contributed by atoms with E-state index < -0.39 is 0 Å². The van der Waals surface area contributed by atoms with Gasteiger partial charge in [-0.15, -0.1) is 0 Å². The largest absolute Gasteiger partial charge is 0.324 e. The zero-order valence-electron chi connectivity index (χ0n) is 16.6. The van der Waals surface area contributed by atoms with Crippen molar-refractivity contribution in [3.05, 3.63) is 82.4 Å². The molecule has 1 aliphatic rings. The van der Waals surface area contributed by atoms with Crippen LogP contribution >= 0.6 is 0 Å². The van der Waals surface area contributed by atoms with Gasteiger partial charge in [-0.25, -0.2) is 9.36 Å². The van der Waals surface area contributed by atoms with Crippen molar-refractivity contribution in [1.82, 2.24) is 19.6 Å². The van der Waals surface area contributed by atoms with Gasteiger partial charge in [0.25, 0.3) is 5.56 Å². The first-order chi connectivity index (χ1) is 14.6. The minimum atomic E-state index is -0.321. The number of aromatic nitrogens is 4. The smallest absolute Gasteiger partial charge is 0.293 e. The van der Waals surface area contributed by atoms with Gasteiger partial charge >= 0.3 is 0 Å². The van der Waals surface area contributed by atoms with E-state index in [2.05, 4.69) is 15.5 Å². The molecule has 0 saturated heterocycles. The lowest BCUT2D eigenvalue weighted by Gasteiger charge is -2.11. The summed E-state index contributed by atoms with van der Waals surface area (Å²) in [6.07, 6.45) is 3.79. The number of nitrogens with one attached hydrogen (secondary N) is 1. The second-order valence-corrected chi connectivity index (χ2v) is 7.64. The molecule has 30 heavy (non-hydrogen) atoms. The number of rotatable bonds is 5. The van der Waals surface area contributed by atoms with E-state index in [1.807, 2.05) is 49.4 Å². The molecule has 0 radical (unpaired) electrons. The number of nitrogens with zero attached hydrogens (tertiary/aromatic N) is 4. The van der Waals surface area contributed by atoms with Crippen LogP contribution in [0.2, 0.25) is 0 Å². The summed E-state index contributed by atoms with van der Waals surface area (Å²) >= 11 is 0. The number of benzene rings is 2. The van der Waals surface area contributed by atoms with E-state index >= 15 is 0 Å². The maximum atomic E-state index is 13.3. The molecule has 0 aliphatic heterocycles. The van der Waals surface area contributed by atoms with Gasteiger partial charge in [-0.1, -0.05) is 36.4 Å². The summed E-state index contributed by atoms with van der Waals surface area (Å²) in [4.78, 5) is 25.9. The number of fused-ring (bicyclic) bond motifs is 1. The summed E-state index contributed by atoms with van der Waals surface area (Å²) < 4.78 is 2.94. The second kappa shape index (κ2) is 7.26. The lowest BCUT2D eigenvalue weighted by molar-refractivity contribution is -0.117. The lowest BCUT2D eigenvalue weighted by Crippen LogP contribution is -2.31. The Morgan fingerprint density at radius 3 is 2.57 bits per heavy atom. The van der Waals surface area contributed by atoms with Crippen LogP contribution in [0.1, 0.15) is 30.0 Å². The van der Waals surface area contributed by atoms with Crippen molar-refractivity contribution < 1.29 is 4.79 Å². The molecule has 1 N–H and O–H groups in total. The van der Waals surface area contributed by atoms with Gasteiger partial charge in [0.1, 0.15) is 12.1 Å². The average molecular weight is 399 g/mol. The van der Waals surface area contributed by atoms with Crippen LogP contribution in [0.4, 0.5) is 5.69 Å². The first kappa shape index (κ1) is 18.3. The Bertz CT molecular complexity index is 1300. The zero-order valence-corrected chi connectivity index (χ0v) is 16.6. The zero-order chi connectivity index (χ0) is 20.7. The van der Waals surface area contributed by atoms with Crippen LogP contribution in [0.3, 0.4) is 0 Å². The highest BCUT2D eigenvalue weighted by molar-refractivity contribution is 5.90. The van der Waals surface area contributed by atoms with E-state index in [9.17, 15) is 9.59 Å². The Hall–Kier alpha value is -3.74. The molecule has 4 aromatic rings. The first-order valence-electron chi connectivity index (χ1n) is 10.0. The van der Waals surface area contributed by atoms with Crippen LogP contribution in [0, 0.1) is 6.92 Å². The molecule has 0 spiro atoms. The Balaban J connectivity index is 1.60. The van der Waals surface area contributed by atoms with Gasteiger partial charge in [0.2, 0.25) is 5.91 Å². The van der Waals surface area contributed by atoms with Crippen molar-refractivity contribution >= 4 is 22.5 Å². The fraction of sp³-hybridized carbons (Fsp3) is 0.217. The molecule has 0 bridgehead atoms. The fourth-order valence-corrected chi connectivity index (χ4v) is 3.70. The van der Waals surface area contributed by atoms with Crippen molar-refractivity contribution in [2.24, 2.45) is 0 Å². The minimum absolute atomic E-state index is 0.150. The molecule has 7 heteroatoms. The number of para-hydroxylation sites is 2. The molecule has 2 aromatic carbocycles. The third kappa shape index (κ3) is 3.28. The highest BCUT2D eigenvalue weighted by Crippen LogP contribution is 2.41. The molecule has 150 valence electrons. The molecular weight excluding hydrogens is 378 g/mol. The SMILES string of the molecule is Cc1ccccc1-n1ncc2c(C3CC3)nn(CC(=O)Nc3ccccc3)c(=O)c21. The number of anilines is 1. The Labute approximate surface area is 173 Å². The van der Waals surface area contributed by atoms with Crippen molar-refractivity contribution in [2.45, 2.75) is 32.2 Å². The number of amides is 1. The first-order valence-corrected chi connectivity index (χ1v) is 10.0. The summed E-state index contributed by atoms with van der Waals surface area (Å²) in [7, 11) is 0. The molecule has 7 nitrogen and oxygen atoms in total. The maximum absolute atomic E-state index is 13.3. The van der Waals surface area contributed by atoms with E-state index in [0.29, 0.717) is 17.1 Å². The van der Waals surface area contributed by atoms with Crippen LogP contribution in [0.5, 0.6) is 0 Å². The van der Waals surface area contributed by atoms with Crippen LogP contribution < -0.4 is 10.9 Å². The lowest BCUT2D eigenvalue weighted by atomic mass is 10.2. The van der Waals surface area contributed by atoms with Gasteiger partial charge < -0.3 is 5.32 Å². The van der Waals surface area contributed by atoms with E-state index in [1.165, 1.54) is 4.68 Å². The molecule has 1 amide bonds. The summed E-state index contributed by atoms with van der Waals surface area (Å²) in [6.45, 7) is 1.83. The molecule has 0 atom stereocenters. The van der Waals surface area contributed by atoms with Gasteiger partial charge in [-0.3, -0.25) is 9.59 Å². The second-order valence-electron chi connectivity index (χ2n) is 7.64. The Morgan fingerprint density at radius 2 is 1.83 bits per heavy atom. The van der Waals surface area contributed by atoms with Gasteiger partial charge in [0, 0.05) is 17.0 Å². The molecule has 1 aliphatic carbocycles. The quantitative estimate of drug-likeness (QED) is 0.558. The summed E-state index contributed by atoms with van der Waals surface area (Å²) in [5.74, 6) is 0.0184. The third-order valence-electron chi connectivity index (χ3n) is 5.37. The monoisotopic (exact) mass is 399 g/mol. The standard InChI is InChI=1S/C23H21N5O2/c1-15-7-5-6-10-19(15)28-22-18(13-24-28)21(16-11-12-16)26-27(23(22)30)14-20(29)25-17-8-3-2-4-9-17/h2-10,13,16H,11-12,14H2,1H3,(H,25,29). The van der Waals surface area contributed by atoms with Gasteiger partial charge in [-0.2, -0.15) is 10.2 Å². The van der Waals surface area contributed by atoms with Crippen LogP contribution in [0.15, 0.2) is 65.6 Å². The van der Waals surface area contributed by atoms with Crippen molar-refractivity contribution in [3.8, 4) is 5.69 Å². The van der Waals surface area contributed by atoms with Crippen molar-refractivity contribution in [2.75, 3.05) is 5.32 Å². The minimum Gasteiger partial charge on any atom is -0.324 e. The summed E-state index contributed by atoms with van der Waals surface area (Å²) in [5, 5.41) is 12.7. The predicted molar refractivity (Wildman–Crippen MR) is 115 cm³/mol. The third-order valence-corrected chi connectivity index (χ3v) is 5.37. The van der Waals surface area contributed by atoms with Crippen LogP contribution in [-0.2, 0) is 11.3 Å². The maximum Gasteiger partial charge on any atom is 0.293 e. The molecule has 0 unspecified atom stereocenters. The summed E-state index contributed by atoms with van der Waals surface area (Å²) in [6, 6.07) is 17.0. The Morgan fingerprint density at radius 1 is 1.10 bits per heavy atom. The molecule has 1 saturated carbocycles. The fourth-order valence-electron chi connectivity index (χ4n) is 3.70. The molecule has 1 fully saturated rings. The number of aryl methyl sites for hydroxylation is 1. The highest BCUT2D eigenvalue weighted by atomic mass is 16.2. The molecule has 2 heterocycles. The molecular formula is C23H21N5O2. The normalized spacial score (nSPS) is 13.5. The molecule has 5 rings (SSSR count). The van der Waals surface area contributed by atoms with Crippen LogP contribution in [0.25, 0.3) is 16.6 Å². The van der Waals surface area contributed by atoms with Crippen LogP contribution in [-0.4, -0.2) is 25.5 Å². The van der Waals surface area contributed by atoms with Crippen molar-refractivity contribution in [3.63, 3.8) is 0 Å².